The predicted octanol–water partition coefficient (Wildman–Crippen LogP) is 0.973. The van der Waals surface area contributed by atoms with E-state index in [0.717, 1.165) is 0 Å². The van der Waals surface area contributed by atoms with Crippen LogP contribution in [0.15, 0.2) is 24.3 Å². The molecule has 7 heteroatoms. The topological polar surface area (TPSA) is 110 Å². The number of nitrogens with one attached hydrogen (secondary N) is 2. The molecule has 0 saturated heterocycles. The van der Waals surface area contributed by atoms with Crippen molar-refractivity contribution in [3.63, 3.8) is 0 Å². The van der Waals surface area contributed by atoms with Crippen LogP contribution in [-0.4, -0.2) is 16.1 Å². The number of nitrogen functional groups attached to an aromatic ring is 1. The largest absolute Gasteiger partial charge is 0.383 e. The molecule has 0 aliphatic rings. The number of aromatic nitrogens is 2. The molecule has 88 valence electrons. The van der Waals surface area contributed by atoms with E-state index in [1.807, 2.05) is 0 Å². The Balaban J connectivity index is 2.30. The van der Waals surface area contributed by atoms with Crippen LogP contribution in [0, 0.1) is 5.82 Å². The normalized spacial score (nSPS) is 10.2. The molecular formula is C10H10FN5O. The Morgan fingerprint density at radius 1 is 1.35 bits per heavy atom. The van der Waals surface area contributed by atoms with Gasteiger partial charge in [0, 0.05) is 5.69 Å². The molecule has 0 fully saturated rings. The van der Waals surface area contributed by atoms with Crippen LogP contribution in [0.4, 0.5) is 21.7 Å². The van der Waals surface area contributed by atoms with E-state index >= 15 is 0 Å². The number of aromatic amines is 1. The number of hydrogen-bond donors (Lipinski definition) is 4. The molecule has 1 heterocycles. The Morgan fingerprint density at radius 2 is 2.00 bits per heavy atom. The molecule has 0 bridgehead atoms. The molecule has 1 aromatic carbocycles. The summed E-state index contributed by atoms with van der Waals surface area (Å²) in [5.74, 6) is -0.753. The number of primary amides is 1. The van der Waals surface area contributed by atoms with Crippen LogP contribution in [0.1, 0.15) is 10.4 Å². The van der Waals surface area contributed by atoms with Crippen LogP contribution >= 0.6 is 0 Å². The molecule has 1 aromatic heterocycles. The third-order valence-corrected chi connectivity index (χ3v) is 2.15. The number of nitrogens with zero attached hydrogens (tertiary/aromatic N) is 1. The van der Waals surface area contributed by atoms with E-state index < -0.39 is 5.91 Å². The summed E-state index contributed by atoms with van der Waals surface area (Å²) >= 11 is 0. The summed E-state index contributed by atoms with van der Waals surface area (Å²) in [6.07, 6.45) is 0. The highest BCUT2D eigenvalue weighted by Gasteiger charge is 2.16. The van der Waals surface area contributed by atoms with Crippen molar-refractivity contribution in [3.05, 3.63) is 35.6 Å². The summed E-state index contributed by atoms with van der Waals surface area (Å²) in [6.45, 7) is 0. The number of amides is 1. The Bertz CT molecular complexity index is 548. The predicted molar refractivity (Wildman–Crippen MR) is 61.2 cm³/mol. The van der Waals surface area contributed by atoms with Crippen LogP contribution < -0.4 is 16.8 Å². The number of benzene rings is 1. The first-order chi connectivity index (χ1) is 8.08. The highest BCUT2D eigenvalue weighted by atomic mass is 19.1. The Morgan fingerprint density at radius 3 is 2.59 bits per heavy atom. The van der Waals surface area contributed by atoms with Crippen molar-refractivity contribution in [3.8, 4) is 0 Å². The van der Waals surface area contributed by atoms with Crippen molar-refractivity contribution >= 4 is 23.2 Å². The summed E-state index contributed by atoms with van der Waals surface area (Å²) in [5.41, 5.74) is 11.3. The van der Waals surface area contributed by atoms with Crippen molar-refractivity contribution < 1.29 is 9.18 Å². The van der Waals surface area contributed by atoms with Gasteiger partial charge in [0.15, 0.2) is 5.82 Å². The average molecular weight is 235 g/mol. The van der Waals surface area contributed by atoms with E-state index in [-0.39, 0.29) is 23.0 Å². The molecule has 0 atom stereocenters. The molecule has 2 aromatic rings. The second kappa shape index (κ2) is 4.12. The third kappa shape index (κ3) is 2.17. The molecule has 6 N–H and O–H groups in total. The zero-order valence-corrected chi connectivity index (χ0v) is 8.70. The monoisotopic (exact) mass is 235 g/mol. The smallest absolute Gasteiger partial charge is 0.256 e. The van der Waals surface area contributed by atoms with Gasteiger partial charge in [-0.15, -0.1) is 0 Å². The van der Waals surface area contributed by atoms with Gasteiger partial charge < -0.3 is 16.8 Å². The summed E-state index contributed by atoms with van der Waals surface area (Å²) in [5, 5.41) is 9.05. The fourth-order valence-corrected chi connectivity index (χ4v) is 1.37. The second-order valence-corrected chi connectivity index (χ2v) is 3.36. The number of carbonyl (C=O) groups excluding carboxylic acids is 1. The van der Waals surface area contributed by atoms with E-state index in [1.165, 1.54) is 24.3 Å². The first-order valence-electron chi connectivity index (χ1n) is 4.74. The van der Waals surface area contributed by atoms with E-state index in [2.05, 4.69) is 15.5 Å². The molecule has 6 nitrogen and oxygen atoms in total. The molecule has 1 amide bonds. The fourth-order valence-electron chi connectivity index (χ4n) is 1.37. The number of halogens is 1. The van der Waals surface area contributed by atoms with Gasteiger partial charge in [0.2, 0.25) is 0 Å². The lowest BCUT2D eigenvalue weighted by Gasteiger charge is -2.04. The first-order valence-corrected chi connectivity index (χ1v) is 4.74. The standard InChI is InChI=1S/C10H10FN5O/c11-5-1-3-6(4-2-5)14-10-7(9(13)17)8(12)15-16-10/h1-4H,(H2,13,17)(H4,12,14,15,16). The van der Waals surface area contributed by atoms with Gasteiger partial charge in [-0.2, -0.15) is 5.10 Å². The molecule has 0 aliphatic heterocycles. The number of anilines is 3. The minimum atomic E-state index is -0.694. The quantitative estimate of drug-likeness (QED) is 0.635. The van der Waals surface area contributed by atoms with Crippen molar-refractivity contribution in [2.24, 2.45) is 5.73 Å². The van der Waals surface area contributed by atoms with E-state index in [1.54, 1.807) is 0 Å². The van der Waals surface area contributed by atoms with Gasteiger partial charge in [-0.3, -0.25) is 9.89 Å². The Labute approximate surface area is 95.8 Å². The average Bonchev–Trinajstić information content (AvgIpc) is 2.63. The van der Waals surface area contributed by atoms with Gasteiger partial charge in [-0.1, -0.05) is 0 Å². The van der Waals surface area contributed by atoms with Gasteiger partial charge in [-0.05, 0) is 24.3 Å². The lowest BCUT2D eigenvalue weighted by molar-refractivity contribution is 0.100. The van der Waals surface area contributed by atoms with E-state index in [0.29, 0.717) is 5.69 Å². The number of H-pyrrole nitrogens is 1. The molecule has 0 aliphatic carbocycles. The van der Waals surface area contributed by atoms with E-state index in [9.17, 15) is 9.18 Å². The minimum absolute atomic E-state index is 0.0781. The van der Waals surface area contributed by atoms with Crippen LogP contribution in [0.5, 0.6) is 0 Å². The molecule has 2 rings (SSSR count). The number of nitrogens with two attached hydrogens (primary N) is 2. The van der Waals surface area contributed by atoms with Gasteiger partial charge in [0.1, 0.15) is 17.2 Å². The maximum absolute atomic E-state index is 12.7. The van der Waals surface area contributed by atoms with Crippen LogP contribution in [0.25, 0.3) is 0 Å². The zero-order valence-electron chi connectivity index (χ0n) is 8.70. The summed E-state index contributed by atoms with van der Waals surface area (Å²) < 4.78 is 12.7. The van der Waals surface area contributed by atoms with Gasteiger partial charge in [-0.25, -0.2) is 4.39 Å². The number of hydrogen-bond acceptors (Lipinski definition) is 4. The molecule has 17 heavy (non-hydrogen) atoms. The highest BCUT2D eigenvalue weighted by Crippen LogP contribution is 2.22. The van der Waals surface area contributed by atoms with Gasteiger partial charge >= 0.3 is 0 Å². The molecule has 0 unspecified atom stereocenters. The van der Waals surface area contributed by atoms with Crippen LogP contribution in [0.3, 0.4) is 0 Å². The molecular weight excluding hydrogens is 225 g/mol. The van der Waals surface area contributed by atoms with Gasteiger partial charge in [0.05, 0.1) is 0 Å². The first kappa shape index (κ1) is 10.9. The van der Waals surface area contributed by atoms with Crippen molar-refractivity contribution in [2.75, 3.05) is 11.1 Å². The van der Waals surface area contributed by atoms with Crippen LogP contribution in [0.2, 0.25) is 0 Å². The lowest BCUT2D eigenvalue weighted by atomic mass is 10.2. The Kier molecular flexibility index (Phi) is 2.65. The third-order valence-electron chi connectivity index (χ3n) is 2.15. The Hall–Kier alpha value is -2.57. The van der Waals surface area contributed by atoms with Crippen molar-refractivity contribution in [1.29, 1.82) is 0 Å². The summed E-state index contributed by atoms with van der Waals surface area (Å²) in [6, 6.07) is 5.57. The van der Waals surface area contributed by atoms with Crippen molar-refractivity contribution in [1.82, 2.24) is 10.2 Å². The van der Waals surface area contributed by atoms with Crippen LogP contribution in [-0.2, 0) is 0 Å². The molecule has 0 radical (unpaired) electrons. The van der Waals surface area contributed by atoms with Crippen molar-refractivity contribution in [2.45, 2.75) is 0 Å². The second-order valence-electron chi connectivity index (χ2n) is 3.36. The lowest BCUT2D eigenvalue weighted by Crippen LogP contribution is -2.14. The fraction of sp³-hybridized carbons (Fsp3) is 0. The maximum Gasteiger partial charge on any atom is 0.256 e. The number of rotatable bonds is 3. The van der Waals surface area contributed by atoms with E-state index in [4.69, 9.17) is 11.5 Å². The summed E-state index contributed by atoms with van der Waals surface area (Å²) in [7, 11) is 0. The summed E-state index contributed by atoms with van der Waals surface area (Å²) in [4.78, 5) is 11.1. The number of carbonyl (C=O) groups is 1. The maximum atomic E-state index is 12.7. The molecule has 0 saturated carbocycles. The SMILES string of the molecule is NC(=O)c1c(Nc2ccc(F)cc2)n[nH]c1N. The van der Waals surface area contributed by atoms with Gasteiger partial charge in [0.25, 0.3) is 5.91 Å². The minimum Gasteiger partial charge on any atom is -0.383 e. The molecule has 0 spiro atoms. The highest BCUT2D eigenvalue weighted by molar-refractivity contribution is 6.02. The zero-order chi connectivity index (χ0) is 12.4.